The van der Waals surface area contributed by atoms with Crippen LogP contribution in [0.25, 0.3) is 0 Å². The maximum absolute atomic E-state index is 5.28. The van der Waals surface area contributed by atoms with Crippen molar-refractivity contribution in [1.82, 2.24) is 19.8 Å². The lowest BCUT2D eigenvalue weighted by Gasteiger charge is -2.22. The van der Waals surface area contributed by atoms with Crippen LogP contribution in [0, 0.1) is 5.92 Å². The summed E-state index contributed by atoms with van der Waals surface area (Å²) < 4.78 is 7.49. The molecule has 1 aromatic heterocycles. The molecule has 1 fully saturated rings. The number of ether oxygens (including phenoxy) is 1. The number of hydrogen-bond donors (Lipinski definition) is 1. The molecule has 1 N–H and O–H groups in total. The molecule has 1 unspecified atom stereocenters. The predicted molar refractivity (Wildman–Crippen MR) is 129 cm³/mol. The van der Waals surface area contributed by atoms with Crippen LogP contribution in [0.3, 0.4) is 0 Å². The minimum Gasteiger partial charge on any atom is -0.497 e. The van der Waals surface area contributed by atoms with Gasteiger partial charge in [0, 0.05) is 44.5 Å². The number of aromatic nitrogens is 2. The Morgan fingerprint density at radius 2 is 2.07 bits per heavy atom. The molecular formula is C22H34IN5O. The van der Waals surface area contributed by atoms with E-state index in [9.17, 15) is 0 Å². The van der Waals surface area contributed by atoms with Gasteiger partial charge in [0.15, 0.2) is 5.96 Å². The molecule has 0 amide bonds. The summed E-state index contributed by atoms with van der Waals surface area (Å²) in [5.74, 6) is 4.03. The number of nitrogens with zero attached hydrogens (tertiary/aromatic N) is 4. The molecule has 1 aliphatic heterocycles. The lowest BCUT2D eigenvalue weighted by molar-refractivity contribution is 0.414. The Bertz CT molecular complexity index is 772. The van der Waals surface area contributed by atoms with E-state index >= 15 is 0 Å². The molecule has 1 atom stereocenters. The second-order valence-corrected chi connectivity index (χ2v) is 7.76. The van der Waals surface area contributed by atoms with Crippen LogP contribution in [-0.2, 0) is 13.1 Å². The van der Waals surface area contributed by atoms with E-state index in [1.807, 2.05) is 24.5 Å². The molecule has 2 heterocycles. The minimum absolute atomic E-state index is 0. The Balaban J connectivity index is 0.00000300. The van der Waals surface area contributed by atoms with Gasteiger partial charge >= 0.3 is 0 Å². The second kappa shape index (κ2) is 11.4. The summed E-state index contributed by atoms with van der Waals surface area (Å²) in [6.45, 7) is 11.0. The number of benzene rings is 1. The Labute approximate surface area is 191 Å². The quantitative estimate of drug-likeness (QED) is 0.345. The lowest BCUT2D eigenvalue weighted by atomic mass is 9.98. The average Bonchev–Trinajstić information content (AvgIpc) is 3.34. The van der Waals surface area contributed by atoms with Crippen LogP contribution in [0.5, 0.6) is 5.75 Å². The predicted octanol–water partition coefficient (Wildman–Crippen LogP) is 4.12. The third-order valence-corrected chi connectivity index (χ3v) is 5.14. The highest BCUT2D eigenvalue weighted by Crippen LogP contribution is 2.28. The van der Waals surface area contributed by atoms with Gasteiger partial charge in [0.25, 0.3) is 0 Å². The highest BCUT2D eigenvalue weighted by atomic mass is 127. The lowest BCUT2D eigenvalue weighted by Crippen LogP contribution is -2.40. The molecule has 0 bridgehead atoms. The molecule has 160 valence electrons. The van der Waals surface area contributed by atoms with Gasteiger partial charge < -0.3 is 19.5 Å². The third-order valence-electron chi connectivity index (χ3n) is 5.14. The molecule has 29 heavy (non-hydrogen) atoms. The fraction of sp³-hybridized carbons (Fsp3) is 0.545. The van der Waals surface area contributed by atoms with Gasteiger partial charge in [-0.2, -0.15) is 0 Å². The van der Waals surface area contributed by atoms with Crippen molar-refractivity contribution in [3.63, 3.8) is 0 Å². The Morgan fingerprint density at radius 1 is 1.31 bits per heavy atom. The maximum atomic E-state index is 5.28. The molecule has 1 aromatic carbocycles. The van der Waals surface area contributed by atoms with Gasteiger partial charge in [-0.05, 0) is 37.0 Å². The Hall–Kier alpha value is -1.77. The number of rotatable bonds is 7. The van der Waals surface area contributed by atoms with E-state index in [0.717, 1.165) is 50.1 Å². The van der Waals surface area contributed by atoms with E-state index in [4.69, 9.17) is 9.73 Å². The van der Waals surface area contributed by atoms with Gasteiger partial charge in [0.2, 0.25) is 0 Å². The first kappa shape index (κ1) is 23.5. The number of likely N-dealkylation sites (tertiary alicyclic amines) is 1. The summed E-state index contributed by atoms with van der Waals surface area (Å²) in [6.07, 6.45) is 5.06. The second-order valence-electron chi connectivity index (χ2n) is 7.76. The summed E-state index contributed by atoms with van der Waals surface area (Å²) in [5, 5.41) is 3.46. The van der Waals surface area contributed by atoms with Crippen molar-refractivity contribution in [3.05, 3.63) is 48.0 Å². The van der Waals surface area contributed by atoms with E-state index in [-0.39, 0.29) is 24.0 Å². The summed E-state index contributed by atoms with van der Waals surface area (Å²) in [5.41, 5.74) is 1.37. The molecule has 0 radical (unpaired) electrons. The average molecular weight is 511 g/mol. The molecule has 1 saturated heterocycles. The molecule has 1 aliphatic rings. The van der Waals surface area contributed by atoms with E-state index < -0.39 is 0 Å². The molecule has 2 aromatic rings. The first-order valence-corrected chi connectivity index (χ1v) is 10.3. The zero-order chi connectivity index (χ0) is 19.9. The van der Waals surface area contributed by atoms with E-state index in [2.05, 4.69) is 52.7 Å². The smallest absolute Gasteiger partial charge is 0.194 e. The number of methoxy groups -OCH3 is 1. The Morgan fingerprint density at radius 3 is 2.72 bits per heavy atom. The highest BCUT2D eigenvalue weighted by molar-refractivity contribution is 14.0. The first-order chi connectivity index (χ1) is 13.6. The van der Waals surface area contributed by atoms with Gasteiger partial charge in [0.05, 0.1) is 7.11 Å². The van der Waals surface area contributed by atoms with Crippen LogP contribution in [-0.4, -0.2) is 47.2 Å². The van der Waals surface area contributed by atoms with E-state index in [0.29, 0.717) is 18.4 Å². The fourth-order valence-electron chi connectivity index (χ4n) is 3.72. The number of guanidine groups is 1. The molecule has 0 aliphatic carbocycles. The van der Waals surface area contributed by atoms with Crippen molar-refractivity contribution < 1.29 is 4.74 Å². The number of imidazole rings is 1. The molecular weight excluding hydrogens is 477 g/mol. The van der Waals surface area contributed by atoms with E-state index in [1.165, 1.54) is 5.56 Å². The SMILES string of the molecule is CCNC(=NCc1nccn1CC(C)C)N1CCC(c2ccc(OC)cc2)C1.I. The molecule has 0 saturated carbocycles. The standard InChI is InChI=1S/C22H33N5O.HI/c1-5-23-22(25-14-21-24-11-13-26(21)15-17(2)3)27-12-10-19(16-27)18-6-8-20(28-4)9-7-18;/h6-9,11,13,17,19H,5,10,12,14-16H2,1-4H3,(H,23,25);1H. The number of hydrogen-bond acceptors (Lipinski definition) is 3. The van der Waals surface area contributed by atoms with Crippen molar-refractivity contribution in [1.29, 1.82) is 0 Å². The van der Waals surface area contributed by atoms with Crippen molar-refractivity contribution in [2.24, 2.45) is 10.9 Å². The van der Waals surface area contributed by atoms with E-state index in [1.54, 1.807) is 7.11 Å². The topological polar surface area (TPSA) is 54.7 Å². The normalized spacial score (nSPS) is 16.8. The summed E-state index contributed by atoms with van der Waals surface area (Å²) in [6, 6.07) is 8.46. The fourth-order valence-corrected chi connectivity index (χ4v) is 3.72. The van der Waals surface area contributed by atoms with Crippen LogP contribution in [0.15, 0.2) is 41.7 Å². The molecule has 0 spiro atoms. The largest absolute Gasteiger partial charge is 0.497 e. The van der Waals surface area contributed by atoms with Crippen LogP contribution in [0.4, 0.5) is 0 Å². The Kier molecular flexibility index (Phi) is 9.26. The van der Waals surface area contributed by atoms with Crippen molar-refractivity contribution >= 4 is 29.9 Å². The monoisotopic (exact) mass is 511 g/mol. The molecule has 6 nitrogen and oxygen atoms in total. The minimum atomic E-state index is 0. The number of nitrogens with one attached hydrogen (secondary N) is 1. The third kappa shape index (κ3) is 6.35. The van der Waals surface area contributed by atoms with Gasteiger partial charge in [-0.1, -0.05) is 26.0 Å². The van der Waals surface area contributed by atoms with Crippen LogP contribution in [0.1, 0.15) is 44.5 Å². The summed E-state index contributed by atoms with van der Waals surface area (Å²) >= 11 is 0. The number of halogens is 1. The van der Waals surface area contributed by atoms with Crippen molar-refractivity contribution in [2.75, 3.05) is 26.7 Å². The zero-order valence-electron chi connectivity index (χ0n) is 18.0. The summed E-state index contributed by atoms with van der Waals surface area (Å²) in [4.78, 5) is 11.8. The number of aliphatic imine (C=N–C) groups is 1. The highest BCUT2D eigenvalue weighted by Gasteiger charge is 2.26. The summed E-state index contributed by atoms with van der Waals surface area (Å²) in [7, 11) is 1.71. The van der Waals surface area contributed by atoms with Crippen molar-refractivity contribution in [3.8, 4) is 5.75 Å². The maximum Gasteiger partial charge on any atom is 0.194 e. The van der Waals surface area contributed by atoms with Gasteiger partial charge in [-0.3, -0.25) is 0 Å². The van der Waals surface area contributed by atoms with Crippen LogP contribution >= 0.6 is 24.0 Å². The van der Waals surface area contributed by atoms with Crippen LogP contribution in [0.2, 0.25) is 0 Å². The zero-order valence-corrected chi connectivity index (χ0v) is 20.3. The van der Waals surface area contributed by atoms with Crippen LogP contribution < -0.4 is 10.1 Å². The molecule has 3 rings (SSSR count). The van der Waals surface area contributed by atoms with Gasteiger partial charge in [-0.25, -0.2) is 9.98 Å². The molecule has 7 heteroatoms. The van der Waals surface area contributed by atoms with Gasteiger partial charge in [0.1, 0.15) is 18.1 Å². The van der Waals surface area contributed by atoms with Gasteiger partial charge in [-0.15, -0.1) is 24.0 Å². The first-order valence-electron chi connectivity index (χ1n) is 10.3. The van der Waals surface area contributed by atoms with Crippen molar-refractivity contribution in [2.45, 2.75) is 46.2 Å².